The number of nitrogens with zero attached hydrogens (tertiary/aromatic N) is 2. The normalized spacial score (nSPS) is 23.9. The lowest BCUT2D eigenvalue weighted by molar-refractivity contribution is -0.133. The quantitative estimate of drug-likeness (QED) is 0.826. The van der Waals surface area contributed by atoms with Crippen LogP contribution in [0.1, 0.15) is 62.9 Å². The summed E-state index contributed by atoms with van der Waals surface area (Å²) in [6.45, 7) is 5.06. The Labute approximate surface area is 107 Å². The van der Waals surface area contributed by atoms with Crippen LogP contribution in [0.5, 0.6) is 0 Å². The predicted molar refractivity (Wildman–Crippen MR) is 67.0 cm³/mol. The smallest absolute Gasteiger partial charge is 0.226 e. The lowest BCUT2D eigenvalue weighted by Gasteiger charge is -2.22. The van der Waals surface area contributed by atoms with E-state index in [0.29, 0.717) is 17.7 Å². The first-order valence-corrected chi connectivity index (χ1v) is 6.94. The van der Waals surface area contributed by atoms with Crippen molar-refractivity contribution in [3.05, 3.63) is 17.5 Å². The third-order valence-electron chi connectivity index (χ3n) is 3.92. The first-order valence-electron chi connectivity index (χ1n) is 6.94. The average molecular weight is 248 g/mol. The number of carbonyl (C=O) groups is 1. The van der Waals surface area contributed by atoms with Crippen molar-refractivity contribution in [3.63, 3.8) is 0 Å². The van der Waals surface area contributed by atoms with Crippen molar-refractivity contribution in [1.82, 2.24) is 10.1 Å². The van der Waals surface area contributed by atoms with Crippen LogP contribution in [0, 0.1) is 5.92 Å². The number of rotatable bonds is 3. The van der Waals surface area contributed by atoms with Crippen molar-refractivity contribution >= 4 is 5.91 Å². The third-order valence-corrected chi connectivity index (χ3v) is 3.92. The van der Waals surface area contributed by atoms with Crippen LogP contribution in [0.25, 0.3) is 0 Å². The third kappa shape index (κ3) is 2.04. The Hall–Kier alpha value is -1.32. The standard InChI is InChI=1S/C14H20N2O2/c1-9(2)13-8-11(15-18-13)12-4-3-7-16(12)14(17)10-5-6-10/h8-10,12H,3-7H2,1-2H3. The summed E-state index contributed by atoms with van der Waals surface area (Å²) < 4.78 is 5.35. The van der Waals surface area contributed by atoms with Crippen LogP contribution in [0.4, 0.5) is 0 Å². The van der Waals surface area contributed by atoms with Crippen molar-refractivity contribution < 1.29 is 9.32 Å². The van der Waals surface area contributed by atoms with Crippen molar-refractivity contribution in [2.75, 3.05) is 6.54 Å². The molecule has 1 saturated carbocycles. The fourth-order valence-corrected chi connectivity index (χ4v) is 2.64. The van der Waals surface area contributed by atoms with E-state index in [-0.39, 0.29) is 6.04 Å². The molecule has 1 aliphatic heterocycles. The van der Waals surface area contributed by atoms with Gasteiger partial charge in [0.1, 0.15) is 11.5 Å². The first kappa shape index (κ1) is 11.8. The highest BCUT2D eigenvalue weighted by Crippen LogP contribution is 2.38. The number of aromatic nitrogens is 1. The minimum atomic E-state index is 0.148. The Morgan fingerprint density at radius 2 is 2.22 bits per heavy atom. The second-order valence-electron chi connectivity index (χ2n) is 5.77. The maximum Gasteiger partial charge on any atom is 0.226 e. The highest BCUT2D eigenvalue weighted by Gasteiger charge is 2.39. The van der Waals surface area contributed by atoms with Gasteiger partial charge in [0.15, 0.2) is 0 Å². The largest absolute Gasteiger partial charge is 0.361 e. The molecule has 3 rings (SSSR count). The van der Waals surface area contributed by atoms with Crippen molar-refractivity contribution in [2.24, 2.45) is 5.92 Å². The minimum Gasteiger partial charge on any atom is -0.361 e. The lowest BCUT2D eigenvalue weighted by Crippen LogP contribution is -2.31. The zero-order valence-corrected chi connectivity index (χ0v) is 11.1. The second kappa shape index (κ2) is 4.41. The molecule has 4 heteroatoms. The molecule has 1 amide bonds. The Bertz CT molecular complexity index is 448. The molecule has 2 fully saturated rings. The van der Waals surface area contributed by atoms with E-state index >= 15 is 0 Å². The number of likely N-dealkylation sites (tertiary alicyclic amines) is 1. The molecular weight excluding hydrogens is 228 g/mol. The summed E-state index contributed by atoms with van der Waals surface area (Å²) in [7, 11) is 0. The highest BCUT2D eigenvalue weighted by molar-refractivity contribution is 5.81. The molecule has 0 radical (unpaired) electrons. The molecule has 2 heterocycles. The number of hydrogen-bond acceptors (Lipinski definition) is 3. The molecule has 1 aromatic rings. The van der Waals surface area contributed by atoms with Gasteiger partial charge < -0.3 is 9.42 Å². The molecule has 2 aliphatic rings. The Morgan fingerprint density at radius 3 is 2.83 bits per heavy atom. The zero-order chi connectivity index (χ0) is 12.7. The summed E-state index contributed by atoms with van der Waals surface area (Å²) >= 11 is 0. The molecular formula is C14H20N2O2. The van der Waals surface area contributed by atoms with Gasteiger partial charge in [-0.15, -0.1) is 0 Å². The lowest BCUT2D eigenvalue weighted by atomic mass is 10.1. The fraction of sp³-hybridized carbons (Fsp3) is 0.714. The van der Waals surface area contributed by atoms with Crippen LogP contribution in [0.2, 0.25) is 0 Å². The number of carbonyl (C=O) groups excluding carboxylic acids is 1. The predicted octanol–water partition coefficient (Wildman–Crippen LogP) is 2.87. The van der Waals surface area contributed by atoms with Gasteiger partial charge >= 0.3 is 0 Å². The van der Waals surface area contributed by atoms with Crippen molar-refractivity contribution in [2.45, 2.75) is 51.5 Å². The van der Waals surface area contributed by atoms with E-state index < -0.39 is 0 Å². The van der Waals surface area contributed by atoms with Crippen LogP contribution >= 0.6 is 0 Å². The van der Waals surface area contributed by atoms with Crippen LogP contribution in [-0.2, 0) is 4.79 Å². The minimum absolute atomic E-state index is 0.148. The van der Waals surface area contributed by atoms with E-state index in [0.717, 1.165) is 43.7 Å². The maximum absolute atomic E-state index is 12.2. The SMILES string of the molecule is CC(C)c1cc(C2CCCN2C(=O)C2CC2)no1. The number of amides is 1. The molecule has 1 saturated heterocycles. The van der Waals surface area contributed by atoms with E-state index in [9.17, 15) is 4.79 Å². The van der Waals surface area contributed by atoms with Gasteiger partial charge in [0.25, 0.3) is 0 Å². The van der Waals surface area contributed by atoms with Gasteiger partial charge in [-0.2, -0.15) is 0 Å². The van der Waals surface area contributed by atoms with E-state index in [1.54, 1.807) is 0 Å². The molecule has 0 N–H and O–H groups in total. The van der Waals surface area contributed by atoms with E-state index in [1.165, 1.54) is 0 Å². The van der Waals surface area contributed by atoms with Gasteiger partial charge in [0.2, 0.25) is 5.91 Å². The molecule has 1 atom stereocenters. The molecule has 98 valence electrons. The van der Waals surface area contributed by atoms with Gasteiger partial charge in [-0.1, -0.05) is 19.0 Å². The summed E-state index contributed by atoms with van der Waals surface area (Å²) in [5.74, 6) is 1.88. The second-order valence-corrected chi connectivity index (χ2v) is 5.77. The van der Waals surface area contributed by atoms with Crippen LogP contribution in [-0.4, -0.2) is 22.5 Å². The van der Waals surface area contributed by atoms with Gasteiger partial charge in [-0.05, 0) is 25.7 Å². The first-order chi connectivity index (χ1) is 8.66. The van der Waals surface area contributed by atoms with Gasteiger partial charge in [0.05, 0.1) is 6.04 Å². The van der Waals surface area contributed by atoms with Crippen molar-refractivity contribution in [3.8, 4) is 0 Å². The summed E-state index contributed by atoms with van der Waals surface area (Å²) in [5.41, 5.74) is 0.935. The topological polar surface area (TPSA) is 46.3 Å². The summed E-state index contributed by atoms with van der Waals surface area (Å²) in [6.07, 6.45) is 4.23. The van der Waals surface area contributed by atoms with Gasteiger partial charge in [-0.25, -0.2) is 0 Å². The van der Waals surface area contributed by atoms with E-state index in [2.05, 4.69) is 19.0 Å². The highest BCUT2D eigenvalue weighted by atomic mass is 16.5. The maximum atomic E-state index is 12.2. The molecule has 0 aromatic carbocycles. The Morgan fingerprint density at radius 1 is 1.44 bits per heavy atom. The van der Waals surface area contributed by atoms with Gasteiger partial charge in [0, 0.05) is 24.4 Å². The summed E-state index contributed by atoms with van der Waals surface area (Å²) in [4.78, 5) is 14.2. The van der Waals surface area contributed by atoms with Crippen LogP contribution in [0.15, 0.2) is 10.6 Å². The Balaban J connectivity index is 1.78. The average Bonchev–Trinajstić information content (AvgIpc) is 2.90. The molecule has 1 aromatic heterocycles. The van der Waals surface area contributed by atoms with Crippen LogP contribution < -0.4 is 0 Å². The molecule has 0 bridgehead atoms. The summed E-state index contributed by atoms with van der Waals surface area (Å²) in [6, 6.07) is 2.17. The monoisotopic (exact) mass is 248 g/mol. The van der Waals surface area contributed by atoms with Gasteiger partial charge in [-0.3, -0.25) is 4.79 Å². The molecule has 4 nitrogen and oxygen atoms in total. The Kier molecular flexibility index (Phi) is 2.88. The molecule has 1 aliphatic carbocycles. The van der Waals surface area contributed by atoms with E-state index in [4.69, 9.17) is 4.52 Å². The fourth-order valence-electron chi connectivity index (χ4n) is 2.64. The molecule has 18 heavy (non-hydrogen) atoms. The summed E-state index contributed by atoms with van der Waals surface area (Å²) in [5, 5.41) is 4.16. The molecule has 1 unspecified atom stereocenters. The zero-order valence-electron chi connectivity index (χ0n) is 11.1. The number of hydrogen-bond donors (Lipinski definition) is 0. The van der Waals surface area contributed by atoms with Crippen molar-refractivity contribution in [1.29, 1.82) is 0 Å². The van der Waals surface area contributed by atoms with E-state index in [1.807, 2.05) is 11.0 Å². The molecule has 0 spiro atoms. The van der Waals surface area contributed by atoms with Crippen LogP contribution in [0.3, 0.4) is 0 Å².